The summed E-state index contributed by atoms with van der Waals surface area (Å²) in [5.74, 6) is 0.452. The predicted molar refractivity (Wildman–Crippen MR) is 100 cm³/mol. The monoisotopic (exact) mass is 376 g/mol. The molecule has 0 aliphatic rings. The molecule has 0 saturated heterocycles. The summed E-state index contributed by atoms with van der Waals surface area (Å²) < 4.78 is 5.75. The first-order valence-corrected chi connectivity index (χ1v) is 8.48. The standard InChI is InChI=1S/C17H21ClN6O2/c1-17(2,22-23-19)13-10-21-16(12-9-20-14(18)8-11(12)13)26-7-5-6-15(25)24(3)4/h8-10H,5-7H2,1-4H3. The fourth-order valence-corrected chi connectivity index (χ4v) is 2.63. The number of amides is 1. The molecule has 0 fully saturated rings. The Balaban J connectivity index is 2.30. The van der Waals surface area contributed by atoms with E-state index in [0.29, 0.717) is 35.9 Å². The van der Waals surface area contributed by atoms with Gasteiger partial charge in [-0.25, -0.2) is 9.97 Å². The molecule has 26 heavy (non-hydrogen) atoms. The van der Waals surface area contributed by atoms with E-state index in [4.69, 9.17) is 21.9 Å². The van der Waals surface area contributed by atoms with Gasteiger partial charge < -0.3 is 9.64 Å². The molecular formula is C17H21ClN6O2. The number of fused-ring (bicyclic) bond motifs is 1. The van der Waals surface area contributed by atoms with Crippen molar-refractivity contribution >= 4 is 28.3 Å². The van der Waals surface area contributed by atoms with Gasteiger partial charge in [0.25, 0.3) is 0 Å². The number of carbonyl (C=O) groups is 1. The highest BCUT2D eigenvalue weighted by Crippen LogP contribution is 2.35. The van der Waals surface area contributed by atoms with E-state index in [1.54, 1.807) is 51.3 Å². The number of nitrogens with zero attached hydrogens (tertiary/aromatic N) is 6. The van der Waals surface area contributed by atoms with Gasteiger partial charge in [-0.3, -0.25) is 4.79 Å². The van der Waals surface area contributed by atoms with E-state index in [0.717, 1.165) is 10.9 Å². The number of pyridine rings is 2. The van der Waals surface area contributed by atoms with Crippen LogP contribution < -0.4 is 4.74 Å². The van der Waals surface area contributed by atoms with E-state index in [1.165, 1.54) is 0 Å². The van der Waals surface area contributed by atoms with Crippen LogP contribution in [0.5, 0.6) is 5.88 Å². The van der Waals surface area contributed by atoms with Crippen LogP contribution in [-0.2, 0) is 10.3 Å². The third-order valence-corrected chi connectivity index (χ3v) is 4.14. The zero-order valence-corrected chi connectivity index (χ0v) is 16.0. The second-order valence-electron chi connectivity index (χ2n) is 6.52. The topological polar surface area (TPSA) is 104 Å². The fraction of sp³-hybridized carbons (Fsp3) is 0.471. The fourth-order valence-electron chi connectivity index (χ4n) is 2.47. The molecule has 2 heterocycles. The minimum absolute atomic E-state index is 0.0475. The van der Waals surface area contributed by atoms with Crippen molar-refractivity contribution in [2.75, 3.05) is 20.7 Å². The first-order chi connectivity index (χ1) is 12.3. The van der Waals surface area contributed by atoms with Gasteiger partial charge in [-0.15, -0.1) is 0 Å². The molecule has 0 aliphatic carbocycles. The third kappa shape index (κ3) is 4.53. The first-order valence-electron chi connectivity index (χ1n) is 8.10. The minimum atomic E-state index is -0.804. The van der Waals surface area contributed by atoms with Gasteiger partial charge in [0.05, 0.1) is 17.5 Å². The summed E-state index contributed by atoms with van der Waals surface area (Å²) in [5.41, 5.74) is 8.74. The van der Waals surface area contributed by atoms with Gasteiger partial charge in [0.2, 0.25) is 11.8 Å². The molecule has 0 N–H and O–H groups in total. The number of aromatic nitrogens is 2. The second kappa shape index (κ2) is 8.21. The molecule has 0 bridgehead atoms. The number of hydrogen-bond donors (Lipinski definition) is 0. The maximum Gasteiger partial charge on any atom is 0.222 e. The number of hydrogen-bond acceptors (Lipinski definition) is 5. The van der Waals surface area contributed by atoms with Crippen molar-refractivity contribution < 1.29 is 9.53 Å². The molecule has 138 valence electrons. The summed E-state index contributed by atoms with van der Waals surface area (Å²) in [6.45, 7) is 3.94. The summed E-state index contributed by atoms with van der Waals surface area (Å²) in [6.07, 6.45) is 4.18. The summed E-state index contributed by atoms with van der Waals surface area (Å²) in [4.78, 5) is 24.5. The normalized spacial score (nSPS) is 11.1. The van der Waals surface area contributed by atoms with Crippen LogP contribution in [0.3, 0.4) is 0 Å². The zero-order valence-electron chi connectivity index (χ0n) is 15.2. The highest BCUT2D eigenvalue weighted by atomic mass is 35.5. The summed E-state index contributed by atoms with van der Waals surface area (Å²) in [5, 5.41) is 5.60. The van der Waals surface area contributed by atoms with Crippen LogP contribution in [0.25, 0.3) is 21.2 Å². The van der Waals surface area contributed by atoms with Gasteiger partial charge >= 0.3 is 0 Å². The second-order valence-corrected chi connectivity index (χ2v) is 6.91. The van der Waals surface area contributed by atoms with E-state index in [9.17, 15) is 4.79 Å². The SMILES string of the molecule is CN(C)C(=O)CCCOc1ncc(C(C)(C)N=[N+]=[N-])c2cc(Cl)ncc12. The molecule has 8 nitrogen and oxygen atoms in total. The lowest BCUT2D eigenvalue weighted by Crippen LogP contribution is -2.21. The maximum absolute atomic E-state index is 11.6. The first kappa shape index (κ1) is 19.8. The lowest BCUT2D eigenvalue weighted by atomic mass is 9.93. The molecule has 0 atom stereocenters. The number of rotatable bonds is 7. The Morgan fingerprint density at radius 1 is 1.35 bits per heavy atom. The van der Waals surface area contributed by atoms with Crippen LogP contribution in [-0.4, -0.2) is 41.5 Å². The number of azide groups is 1. The lowest BCUT2D eigenvalue weighted by Gasteiger charge is -2.21. The highest BCUT2D eigenvalue weighted by molar-refractivity contribution is 6.30. The van der Waals surface area contributed by atoms with Crippen molar-refractivity contribution in [3.63, 3.8) is 0 Å². The Labute approximate surface area is 156 Å². The lowest BCUT2D eigenvalue weighted by molar-refractivity contribution is -0.128. The Morgan fingerprint density at radius 3 is 2.73 bits per heavy atom. The third-order valence-electron chi connectivity index (χ3n) is 3.93. The Hall–Kier alpha value is -2.57. The van der Waals surface area contributed by atoms with Crippen LogP contribution >= 0.6 is 11.6 Å². The van der Waals surface area contributed by atoms with E-state index in [-0.39, 0.29) is 5.91 Å². The van der Waals surface area contributed by atoms with E-state index >= 15 is 0 Å². The van der Waals surface area contributed by atoms with E-state index in [2.05, 4.69) is 20.0 Å². The van der Waals surface area contributed by atoms with Crippen molar-refractivity contribution in [2.24, 2.45) is 5.11 Å². The van der Waals surface area contributed by atoms with Crippen molar-refractivity contribution in [1.29, 1.82) is 0 Å². The van der Waals surface area contributed by atoms with Crippen molar-refractivity contribution in [1.82, 2.24) is 14.9 Å². The van der Waals surface area contributed by atoms with Crippen LogP contribution in [0.4, 0.5) is 0 Å². The molecule has 0 spiro atoms. The minimum Gasteiger partial charge on any atom is -0.477 e. The Bertz CT molecular complexity index is 862. The highest BCUT2D eigenvalue weighted by Gasteiger charge is 2.23. The summed E-state index contributed by atoms with van der Waals surface area (Å²) in [6, 6.07) is 1.70. The van der Waals surface area contributed by atoms with Crippen molar-refractivity contribution in [3.05, 3.63) is 39.6 Å². The quantitative estimate of drug-likeness (QED) is 0.239. The predicted octanol–water partition coefficient (Wildman–Crippen LogP) is 4.08. The molecule has 0 radical (unpaired) electrons. The van der Waals surface area contributed by atoms with Gasteiger partial charge in [-0.1, -0.05) is 30.6 Å². The van der Waals surface area contributed by atoms with E-state index < -0.39 is 5.54 Å². The molecule has 2 rings (SSSR count). The average Bonchev–Trinajstić information content (AvgIpc) is 2.57. The van der Waals surface area contributed by atoms with Crippen LogP contribution in [0, 0.1) is 0 Å². The maximum atomic E-state index is 11.6. The van der Waals surface area contributed by atoms with Gasteiger partial charge in [0, 0.05) is 37.8 Å². The van der Waals surface area contributed by atoms with Gasteiger partial charge in [-0.05, 0) is 29.0 Å². The molecule has 0 unspecified atom stereocenters. The van der Waals surface area contributed by atoms with Gasteiger partial charge in [0.15, 0.2) is 0 Å². The van der Waals surface area contributed by atoms with Crippen LogP contribution in [0.15, 0.2) is 23.6 Å². The van der Waals surface area contributed by atoms with Crippen LogP contribution in [0.2, 0.25) is 5.15 Å². The molecule has 2 aromatic heterocycles. The van der Waals surface area contributed by atoms with Crippen molar-refractivity contribution in [3.8, 4) is 5.88 Å². The summed E-state index contributed by atoms with van der Waals surface area (Å²) in [7, 11) is 3.44. The van der Waals surface area contributed by atoms with Crippen molar-refractivity contribution in [2.45, 2.75) is 32.2 Å². The molecule has 0 aliphatic heterocycles. The zero-order chi connectivity index (χ0) is 19.3. The molecular weight excluding hydrogens is 356 g/mol. The largest absolute Gasteiger partial charge is 0.477 e. The Kier molecular flexibility index (Phi) is 6.23. The Morgan fingerprint density at radius 2 is 2.08 bits per heavy atom. The van der Waals surface area contributed by atoms with Gasteiger partial charge in [-0.2, -0.15) is 0 Å². The molecule has 9 heteroatoms. The number of ether oxygens (including phenoxy) is 1. The summed E-state index contributed by atoms with van der Waals surface area (Å²) >= 11 is 6.04. The average molecular weight is 377 g/mol. The smallest absolute Gasteiger partial charge is 0.222 e. The number of halogens is 1. The van der Waals surface area contributed by atoms with E-state index in [1.807, 2.05) is 0 Å². The van der Waals surface area contributed by atoms with Gasteiger partial charge in [0.1, 0.15) is 5.15 Å². The molecule has 0 aromatic carbocycles. The molecule has 1 amide bonds. The number of carbonyl (C=O) groups excluding carboxylic acids is 1. The van der Waals surface area contributed by atoms with Crippen LogP contribution in [0.1, 0.15) is 32.3 Å². The molecule has 0 saturated carbocycles. The molecule has 2 aromatic rings.